The number of carboxylic acids is 1. The van der Waals surface area contributed by atoms with Crippen molar-refractivity contribution in [2.24, 2.45) is 16.6 Å². The molecule has 0 aromatic heterocycles. The third-order valence-corrected chi connectivity index (χ3v) is 5.12. The molecule has 0 aliphatic heterocycles. The zero-order valence-electron chi connectivity index (χ0n) is 16.6. The van der Waals surface area contributed by atoms with Crippen molar-refractivity contribution in [3.63, 3.8) is 0 Å². The molecule has 6 N–H and O–H groups in total. The second-order valence-electron chi connectivity index (χ2n) is 9.15. The molecule has 1 aliphatic carbocycles. The third-order valence-electron chi connectivity index (χ3n) is 5.12. The molecule has 0 unspecified atom stereocenters. The Bertz CT molecular complexity index is 655. The minimum absolute atomic E-state index is 0.173. The fourth-order valence-electron chi connectivity index (χ4n) is 4.61. The maximum Gasteiger partial charge on any atom is 0.320 e. The highest BCUT2D eigenvalue weighted by molar-refractivity contribution is 5.75. The first kappa shape index (κ1) is 20.4. The van der Waals surface area contributed by atoms with Gasteiger partial charge in [0.1, 0.15) is 11.8 Å². The van der Waals surface area contributed by atoms with E-state index in [2.05, 4.69) is 33.0 Å². The van der Waals surface area contributed by atoms with Crippen molar-refractivity contribution < 1.29 is 14.6 Å². The molecule has 0 saturated heterocycles. The number of rotatable bonds is 6. The fraction of sp³-hybridized carbons (Fsp3) is 0.650. The van der Waals surface area contributed by atoms with Crippen molar-refractivity contribution in [3.05, 3.63) is 17.7 Å². The molecule has 6 heteroatoms. The number of ether oxygens (including phenoxy) is 1. The van der Waals surface area contributed by atoms with Crippen LogP contribution in [0.15, 0.2) is 12.1 Å². The van der Waals surface area contributed by atoms with Gasteiger partial charge in [0, 0.05) is 18.5 Å². The van der Waals surface area contributed by atoms with E-state index in [4.69, 9.17) is 21.3 Å². The highest BCUT2D eigenvalue weighted by atomic mass is 16.5. The van der Waals surface area contributed by atoms with Crippen LogP contribution in [-0.2, 0) is 11.2 Å². The summed E-state index contributed by atoms with van der Waals surface area (Å²) < 4.78 is 5.45. The van der Waals surface area contributed by atoms with Crippen LogP contribution in [0.4, 0.5) is 11.4 Å². The van der Waals surface area contributed by atoms with Crippen LogP contribution in [0.25, 0.3) is 0 Å². The van der Waals surface area contributed by atoms with Crippen LogP contribution in [0.2, 0.25) is 0 Å². The summed E-state index contributed by atoms with van der Waals surface area (Å²) in [6.45, 7) is 9.23. The summed E-state index contributed by atoms with van der Waals surface area (Å²) in [7, 11) is 1.57. The molecule has 1 atom stereocenters. The lowest BCUT2D eigenvalue weighted by Crippen LogP contribution is -2.40. The summed E-state index contributed by atoms with van der Waals surface area (Å²) in [5.41, 5.74) is 14.6. The second kappa shape index (κ2) is 7.35. The molecule has 1 aromatic carbocycles. The average molecular weight is 364 g/mol. The third kappa shape index (κ3) is 5.04. The Labute approximate surface area is 156 Å². The molecule has 0 spiro atoms. The van der Waals surface area contributed by atoms with Gasteiger partial charge in [-0.05, 0) is 41.7 Å². The minimum Gasteiger partial charge on any atom is -0.496 e. The molecule has 0 heterocycles. The molecular formula is C20H33N3O3. The Kier molecular flexibility index (Phi) is 5.76. The first-order valence-corrected chi connectivity index (χ1v) is 9.14. The van der Waals surface area contributed by atoms with Crippen molar-refractivity contribution in [2.75, 3.05) is 18.2 Å². The van der Waals surface area contributed by atoms with Gasteiger partial charge in [0.05, 0.1) is 18.5 Å². The van der Waals surface area contributed by atoms with Crippen molar-refractivity contribution in [3.8, 4) is 5.75 Å². The van der Waals surface area contributed by atoms with E-state index in [9.17, 15) is 4.79 Å². The number of hydrogen-bond donors (Lipinski definition) is 4. The first-order valence-electron chi connectivity index (χ1n) is 9.14. The van der Waals surface area contributed by atoms with E-state index in [0.29, 0.717) is 23.0 Å². The van der Waals surface area contributed by atoms with Gasteiger partial charge in [0.15, 0.2) is 0 Å². The zero-order valence-corrected chi connectivity index (χ0v) is 16.6. The minimum atomic E-state index is -1.04. The van der Waals surface area contributed by atoms with Crippen LogP contribution in [0.3, 0.4) is 0 Å². The molecule has 1 aromatic rings. The normalized spacial score (nSPS) is 20.4. The Morgan fingerprint density at radius 1 is 1.31 bits per heavy atom. The molecule has 26 heavy (non-hydrogen) atoms. The van der Waals surface area contributed by atoms with Gasteiger partial charge < -0.3 is 26.6 Å². The summed E-state index contributed by atoms with van der Waals surface area (Å²) in [5.74, 6) is -0.438. The monoisotopic (exact) mass is 363 g/mol. The zero-order chi connectivity index (χ0) is 19.7. The predicted molar refractivity (Wildman–Crippen MR) is 106 cm³/mol. The molecule has 0 radical (unpaired) electrons. The Morgan fingerprint density at radius 2 is 1.88 bits per heavy atom. The Hall–Kier alpha value is -1.95. The van der Waals surface area contributed by atoms with E-state index in [1.165, 1.54) is 6.42 Å². The average Bonchev–Trinajstić information content (AvgIpc) is 2.46. The van der Waals surface area contributed by atoms with Crippen molar-refractivity contribution in [1.29, 1.82) is 0 Å². The number of aliphatic carboxylic acids is 1. The number of hydrogen-bond acceptors (Lipinski definition) is 5. The quantitative estimate of drug-likeness (QED) is 0.578. The molecular weight excluding hydrogens is 330 g/mol. The Balaban J connectivity index is 2.23. The van der Waals surface area contributed by atoms with Gasteiger partial charge in [0.25, 0.3) is 0 Å². The number of anilines is 2. The summed E-state index contributed by atoms with van der Waals surface area (Å²) >= 11 is 0. The lowest BCUT2D eigenvalue weighted by atomic mass is 9.63. The van der Waals surface area contributed by atoms with Gasteiger partial charge >= 0.3 is 5.97 Å². The summed E-state index contributed by atoms with van der Waals surface area (Å²) in [4.78, 5) is 11.0. The van der Waals surface area contributed by atoms with Crippen LogP contribution in [0.5, 0.6) is 5.75 Å². The molecule has 1 aliphatic rings. The van der Waals surface area contributed by atoms with Crippen LogP contribution < -0.4 is 21.5 Å². The molecule has 0 bridgehead atoms. The summed E-state index contributed by atoms with van der Waals surface area (Å²) in [6, 6.07) is 2.96. The topological polar surface area (TPSA) is 111 Å². The van der Waals surface area contributed by atoms with Gasteiger partial charge in [-0.15, -0.1) is 0 Å². The van der Waals surface area contributed by atoms with Gasteiger partial charge in [-0.25, -0.2) is 0 Å². The highest BCUT2D eigenvalue weighted by Gasteiger charge is 2.38. The number of carboxylic acid groups (broad SMARTS) is 1. The van der Waals surface area contributed by atoms with Crippen molar-refractivity contribution >= 4 is 17.3 Å². The van der Waals surface area contributed by atoms with Crippen LogP contribution in [-0.4, -0.2) is 30.3 Å². The number of nitrogen functional groups attached to an aromatic ring is 1. The number of benzene rings is 1. The number of methoxy groups -OCH3 is 1. The van der Waals surface area contributed by atoms with Gasteiger partial charge in [-0.2, -0.15) is 0 Å². The first-order chi connectivity index (χ1) is 11.9. The molecule has 1 fully saturated rings. The molecule has 2 rings (SSSR count). The van der Waals surface area contributed by atoms with Gasteiger partial charge in [-0.1, -0.05) is 27.7 Å². The molecule has 6 nitrogen and oxygen atoms in total. The van der Waals surface area contributed by atoms with Crippen LogP contribution in [0, 0.1) is 10.8 Å². The largest absolute Gasteiger partial charge is 0.496 e. The van der Waals surface area contributed by atoms with E-state index in [1.807, 2.05) is 6.07 Å². The maximum atomic E-state index is 11.0. The SMILES string of the molecule is COc1cc(NC2CC(C)(C)CC(C)(C)C2)c(N)cc1C[C@H](N)C(=O)O. The van der Waals surface area contributed by atoms with E-state index in [0.717, 1.165) is 18.5 Å². The van der Waals surface area contributed by atoms with Gasteiger partial charge in [-0.3, -0.25) is 4.79 Å². The fourth-order valence-corrected chi connectivity index (χ4v) is 4.61. The van der Waals surface area contributed by atoms with E-state index >= 15 is 0 Å². The van der Waals surface area contributed by atoms with Crippen molar-refractivity contribution in [2.45, 2.75) is 65.5 Å². The standard InChI is InChI=1S/C20H33N3O3/c1-19(2)9-13(10-20(3,4)11-19)23-16-8-17(26-5)12(6-14(16)21)7-15(22)18(24)25/h6,8,13,15,23H,7,9-11,21-22H2,1-5H3,(H,24,25)/t15-/m0/s1. The molecule has 146 valence electrons. The summed E-state index contributed by atoms with van der Waals surface area (Å²) in [5, 5.41) is 12.6. The van der Waals surface area contributed by atoms with Crippen LogP contribution >= 0.6 is 0 Å². The molecule has 1 saturated carbocycles. The van der Waals surface area contributed by atoms with Crippen molar-refractivity contribution in [1.82, 2.24) is 0 Å². The second-order valence-corrected chi connectivity index (χ2v) is 9.15. The number of carbonyl (C=O) groups is 1. The van der Waals surface area contributed by atoms with E-state index < -0.39 is 12.0 Å². The predicted octanol–water partition coefficient (Wildman–Crippen LogP) is 3.25. The smallest absolute Gasteiger partial charge is 0.320 e. The van der Waals surface area contributed by atoms with E-state index in [-0.39, 0.29) is 17.3 Å². The lowest BCUT2D eigenvalue weighted by Gasteiger charge is -2.45. The molecule has 0 amide bonds. The maximum absolute atomic E-state index is 11.0. The summed E-state index contributed by atoms with van der Waals surface area (Å²) in [6.07, 6.45) is 3.52. The van der Waals surface area contributed by atoms with Crippen LogP contribution in [0.1, 0.15) is 52.5 Å². The number of nitrogens with one attached hydrogen (secondary N) is 1. The lowest BCUT2D eigenvalue weighted by molar-refractivity contribution is -0.138. The van der Waals surface area contributed by atoms with Gasteiger partial charge in [0.2, 0.25) is 0 Å². The Morgan fingerprint density at radius 3 is 2.38 bits per heavy atom. The number of nitrogens with two attached hydrogens (primary N) is 2. The highest BCUT2D eigenvalue weighted by Crippen LogP contribution is 2.46. The van der Waals surface area contributed by atoms with E-state index in [1.54, 1.807) is 13.2 Å².